The summed E-state index contributed by atoms with van der Waals surface area (Å²) in [6.45, 7) is 6.12. The molecule has 0 unspecified atom stereocenters. The van der Waals surface area contributed by atoms with Crippen molar-refractivity contribution < 1.29 is 31.8 Å². The fourth-order valence-electron chi connectivity index (χ4n) is 7.20. The van der Waals surface area contributed by atoms with Gasteiger partial charge in [0.1, 0.15) is 12.4 Å². The number of anilines is 1. The standard InChI is InChI=1S/C31H34F4N6O3/c1-20(32)28(42)41-15-14-39(17-21(41)8-11-36)27-23-18-43-26(22-6-2-3-7-24(22)31(33,34)35)16-25(23)37-29(38-27)44-19-30-9-4-12-40(30)13-5-10-30/h2-3,6-7,21,26H,1,4-5,8-10,12-19H2/t21-,26-/m0/s1. The van der Waals surface area contributed by atoms with Gasteiger partial charge in [-0.1, -0.05) is 24.8 Å². The molecular formula is C31H34F4N6O3. The minimum Gasteiger partial charge on any atom is -0.461 e. The average molecular weight is 615 g/mol. The van der Waals surface area contributed by atoms with Crippen molar-refractivity contribution in [3.8, 4) is 12.1 Å². The van der Waals surface area contributed by atoms with Gasteiger partial charge in [-0.25, -0.2) is 4.39 Å². The molecular weight excluding hydrogens is 580 g/mol. The highest BCUT2D eigenvalue weighted by molar-refractivity contribution is 5.91. The van der Waals surface area contributed by atoms with E-state index in [-0.39, 0.29) is 56.2 Å². The Hall–Kier alpha value is -3.76. The first-order valence-corrected chi connectivity index (χ1v) is 14.9. The molecule has 4 aliphatic heterocycles. The van der Waals surface area contributed by atoms with Crippen LogP contribution >= 0.6 is 0 Å². The zero-order valence-electron chi connectivity index (χ0n) is 24.3. The molecule has 1 amide bonds. The van der Waals surface area contributed by atoms with E-state index in [1.165, 1.54) is 17.0 Å². The van der Waals surface area contributed by atoms with Crippen LogP contribution in [0, 0.1) is 11.3 Å². The summed E-state index contributed by atoms with van der Waals surface area (Å²) in [5.41, 5.74) is 0.348. The zero-order chi connectivity index (χ0) is 31.1. The molecule has 6 rings (SSSR count). The van der Waals surface area contributed by atoms with Gasteiger partial charge in [0, 0.05) is 31.6 Å². The van der Waals surface area contributed by atoms with Gasteiger partial charge in [-0.2, -0.15) is 28.4 Å². The monoisotopic (exact) mass is 614 g/mol. The van der Waals surface area contributed by atoms with E-state index in [1.54, 1.807) is 6.07 Å². The van der Waals surface area contributed by atoms with Crippen molar-refractivity contribution >= 4 is 11.7 Å². The minimum absolute atomic E-state index is 0.0305. The number of amides is 1. The molecule has 0 N–H and O–H groups in total. The molecule has 1 aromatic heterocycles. The summed E-state index contributed by atoms with van der Waals surface area (Å²) in [5.74, 6) is -1.47. The molecule has 13 heteroatoms. The Balaban J connectivity index is 1.33. The number of hydrogen-bond donors (Lipinski definition) is 0. The highest BCUT2D eigenvalue weighted by Crippen LogP contribution is 2.42. The molecule has 4 aliphatic rings. The van der Waals surface area contributed by atoms with Crippen LogP contribution in [0.2, 0.25) is 0 Å². The molecule has 44 heavy (non-hydrogen) atoms. The Kier molecular flexibility index (Phi) is 8.24. The maximum absolute atomic E-state index is 13.9. The second-order valence-electron chi connectivity index (χ2n) is 11.9. The number of aromatic nitrogens is 2. The number of ether oxygens (including phenoxy) is 2. The number of hydrogen-bond acceptors (Lipinski definition) is 8. The number of rotatable bonds is 7. The van der Waals surface area contributed by atoms with E-state index < -0.39 is 35.6 Å². The van der Waals surface area contributed by atoms with Crippen molar-refractivity contribution in [2.45, 2.75) is 69.0 Å². The Morgan fingerprint density at radius 2 is 1.91 bits per heavy atom. The SMILES string of the molecule is C=C(F)C(=O)N1CCN(c2nc(OCC34CCCN3CCC4)nc3c2CO[C@H](c2ccccc2C(F)(F)F)C3)C[C@@H]1CC#N. The van der Waals surface area contributed by atoms with Gasteiger partial charge in [0.15, 0.2) is 5.83 Å². The number of nitriles is 1. The molecule has 9 nitrogen and oxygen atoms in total. The van der Waals surface area contributed by atoms with Gasteiger partial charge < -0.3 is 19.3 Å². The second kappa shape index (κ2) is 12.0. The van der Waals surface area contributed by atoms with Gasteiger partial charge in [0.2, 0.25) is 0 Å². The Morgan fingerprint density at radius 3 is 2.61 bits per heavy atom. The van der Waals surface area contributed by atoms with E-state index in [4.69, 9.17) is 19.4 Å². The van der Waals surface area contributed by atoms with E-state index in [2.05, 4.69) is 17.5 Å². The maximum Gasteiger partial charge on any atom is 0.416 e. The molecule has 1 aromatic carbocycles. The quantitative estimate of drug-likeness (QED) is 0.327. The lowest BCUT2D eigenvalue weighted by molar-refractivity contribution is -0.139. The van der Waals surface area contributed by atoms with E-state index in [9.17, 15) is 27.6 Å². The van der Waals surface area contributed by atoms with Crippen LogP contribution in [0.25, 0.3) is 0 Å². The summed E-state index contributed by atoms with van der Waals surface area (Å²) < 4.78 is 67.7. The van der Waals surface area contributed by atoms with Crippen LogP contribution in [0.4, 0.5) is 23.4 Å². The number of carbonyl (C=O) groups excluding carboxylic acids is 1. The third kappa shape index (κ3) is 5.73. The maximum atomic E-state index is 13.9. The molecule has 2 atom stereocenters. The Bertz CT molecular complexity index is 1470. The summed E-state index contributed by atoms with van der Waals surface area (Å²) in [5, 5.41) is 9.44. The average Bonchev–Trinajstić information content (AvgIpc) is 3.59. The fourth-order valence-corrected chi connectivity index (χ4v) is 7.20. The molecule has 0 saturated carbocycles. The van der Waals surface area contributed by atoms with Crippen molar-refractivity contribution in [2.75, 3.05) is 44.2 Å². The number of halogens is 4. The molecule has 3 saturated heterocycles. The van der Waals surface area contributed by atoms with Crippen molar-refractivity contribution in [1.82, 2.24) is 19.8 Å². The summed E-state index contributed by atoms with van der Waals surface area (Å²) in [7, 11) is 0. The lowest BCUT2D eigenvalue weighted by atomic mass is 9.95. The molecule has 0 bridgehead atoms. The van der Waals surface area contributed by atoms with Crippen LogP contribution in [0.5, 0.6) is 6.01 Å². The largest absolute Gasteiger partial charge is 0.461 e. The molecule has 3 fully saturated rings. The molecule has 234 valence electrons. The number of alkyl halides is 3. The Morgan fingerprint density at radius 1 is 1.16 bits per heavy atom. The topological polar surface area (TPSA) is 94.8 Å². The van der Waals surface area contributed by atoms with Gasteiger partial charge >= 0.3 is 12.2 Å². The summed E-state index contributed by atoms with van der Waals surface area (Å²) in [6, 6.07) is 6.95. The Labute approximate surface area is 253 Å². The number of nitrogens with zero attached hydrogens (tertiary/aromatic N) is 6. The zero-order valence-corrected chi connectivity index (χ0v) is 24.3. The van der Waals surface area contributed by atoms with Crippen molar-refractivity contribution in [3.05, 3.63) is 59.1 Å². The smallest absolute Gasteiger partial charge is 0.416 e. The molecule has 5 heterocycles. The predicted octanol–water partition coefficient (Wildman–Crippen LogP) is 4.73. The summed E-state index contributed by atoms with van der Waals surface area (Å²) in [4.78, 5) is 27.6. The summed E-state index contributed by atoms with van der Waals surface area (Å²) >= 11 is 0. The van der Waals surface area contributed by atoms with Gasteiger partial charge in [0.25, 0.3) is 5.91 Å². The van der Waals surface area contributed by atoms with E-state index in [0.29, 0.717) is 23.7 Å². The fraction of sp³-hybridized carbons (Fsp3) is 0.548. The second-order valence-corrected chi connectivity index (χ2v) is 11.9. The van der Waals surface area contributed by atoms with Crippen molar-refractivity contribution in [2.24, 2.45) is 0 Å². The number of piperazine rings is 1. The predicted molar refractivity (Wildman–Crippen MR) is 151 cm³/mol. The van der Waals surface area contributed by atoms with Crippen LogP contribution < -0.4 is 9.64 Å². The lowest BCUT2D eigenvalue weighted by Crippen LogP contribution is -2.55. The first kappa shape index (κ1) is 30.3. The third-order valence-corrected chi connectivity index (χ3v) is 9.35. The van der Waals surface area contributed by atoms with E-state index in [0.717, 1.165) is 44.8 Å². The van der Waals surface area contributed by atoms with Crippen LogP contribution in [-0.2, 0) is 28.7 Å². The van der Waals surface area contributed by atoms with Gasteiger partial charge in [0.05, 0.1) is 48.0 Å². The first-order chi connectivity index (χ1) is 21.1. The van der Waals surface area contributed by atoms with Gasteiger partial charge in [-0.05, 0) is 50.4 Å². The molecule has 0 radical (unpaired) electrons. The van der Waals surface area contributed by atoms with Crippen molar-refractivity contribution in [3.63, 3.8) is 0 Å². The normalized spacial score (nSPS) is 23.2. The number of benzene rings is 1. The molecule has 2 aromatic rings. The number of fused-ring (bicyclic) bond motifs is 2. The molecule has 0 spiro atoms. The van der Waals surface area contributed by atoms with Crippen LogP contribution in [0.1, 0.15) is 60.6 Å². The highest BCUT2D eigenvalue weighted by atomic mass is 19.4. The van der Waals surface area contributed by atoms with Gasteiger partial charge in [-0.15, -0.1) is 0 Å². The third-order valence-electron chi connectivity index (χ3n) is 9.35. The van der Waals surface area contributed by atoms with Crippen molar-refractivity contribution in [1.29, 1.82) is 5.26 Å². The lowest BCUT2D eigenvalue weighted by Gasteiger charge is -2.42. The van der Waals surface area contributed by atoms with Gasteiger partial charge in [-0.3, -0.25) is 9.69 Å². The van der Waals surface area contributed by atoms with E-state index >= 15 is 0 Å². The summed E-state index contributed by atoms with van der Waals surface area (Å²) in [6.07, 6.45) is -1.17. The van der Waals surface area contributed by atoms with Crippen LogP contribution in [0.3, 0.4) is 0 Å². The number of carbonyl (C=O) groups is 1. The highest BCUT2D eigenvalue weighted by Gasteiger charge is 2.45. The van der Waals surface area contributed by atoms with E-state index in [1.807, 2.05) is 4.90 Å². The van der Waals surface area contributed by atoms with Crippen LogP contribution in [0.15, 0.2) is 36.7 Å². The first-order valence-electron chi connectivity index (χ1n) is 14.9. The molecule has 0 aliphatic carbocycles. The van der Waals surface area contributed by atoms with Crippen LogP contribution in [-0.4, -0.2) is 76.6 Å². The minimum atomic E-state index is -4.54.